The van der Waals surface area contributed by atoms with Crippen molar-refractivity contribution in [1.82, 2.24) is 14.7 Å². The molecule has 1 atom stereocenters. The van der Waals surface area contributed by atoms with Crippen LogP contribution in [-0.2, 0) is 20.9 Å². The summed E-state index contributed by atoms with van der Waals surface area (Å²) >= 11 is 0. The second kappa shape index (κ2) is 5.53. The Morgan fingerprint density at radius 2 is 2.19 bits per heavy atom. The van der Waals surface area contributed by atoms with Crippen molar-refractivity contribution in [1.29, 1.82) is 0 Å². The van der Waals surface area contributed by atoms with E-state index >= 15 is 0 Å². The van der Waals surface area contributed by atoms with Crippen molar-refractivity contribution >= 4 is 22.8 Å². The van der Waals surface area contributed by atoms with E-state index in [1.807, 2.05) is 24.3 Å². The zero-order valence-corrected chi connectivity index (χ0v) is 11.3. The number of carbonyl (C=O) groups is 2. The first-order chi connectivity index (χ1) is 10.2. The average molecular weight is 289 g/mol. The predicted octanol–water partition coefficient (Wildman–Crippen LogP) is 0.348. The Balaban J connectivity index is 1.80. The fourth-order valence-corrected chi connectivity index (χ4v) is 2.48. The Morgan fingerprint density at radius 3 is 3.00 bits per heavy atom. The standard InChI is InChI=1S/C14H15N3O4/c18-13(16-5-6-21-9-12(16)14(19)20)8-17-11-4-2-1-3-10(11)7-15-17/h1-4,7,12H,5-6,8-9H2,(H,19,20). The molecule has 1 unspecified atom stereocenters. The van der Waals surface area contributed by atoms with Crippen LogP contribution in [0.3, 0.4) is 0 Å². The highest BCUT2D eigenvalue weighted by Gasteiger charge is 2.32. The van der Waals surface area contributed by atoms with Gasteiger partial charge in [-0.15, -0.1) is 0 Å². The number of benzene rings is 1. The minimum Gasteiger partial charge on any atom is -0.480 e. The lowest BCUT2D eigenvalue weighted by atomic mass is 10.2. The van der Waals surface area contributed by atoms with E-state index in [-0.39, 0.29) is 25.6 Å². The number of carboxylic acids is 1. The largest absolute Gasteiger partial charge is 0.480 e. The van der Waals surface area contributed by atoms with Gasteiger partial charge in [-0.25, -0.2) is 4.79 Å². The molecule has 1 aliphatic heterocycles. The van der Waals surface area contributed by atoms with Crippen molar-refractivity contribution in [3.05, 3.63) is 30.5 Å². The second-order valence-electron chi connectivity index (χ2n) is 4.88. The molecule has 110 valence electrons. The van der Waals surface area contributed by atoms with Gasteiger partial charge in [0.05, 0.1) is 24.9 Å². The Labute approximate surface area is 120 Å². The van der Waals surface area contributed by atoms with Crippen molar-refractivity contribution in [2.45, 2.75) is 12.6 Å². The minimum atomic E-state index is -1.05. The quantitative estimate of drug-likeness (QED) is 0.881. The Morgan fingerprint density at radius 1 is 1.38 bits per heavy atom. The predicted molar refractivity (Wildman–Crippen MR) is 73.7 cm³/mol. The SMILES string of the molecule is O=C(O)C1COCCN1C(=O)Cn1ncc2ccccc21. The number of carboxylic acid groups (broad SMARTS) is 1. The van der Waals surface area contributed by atoms with Gasteiger partial charge >= 0.3 is 5.97 Å². The van der Waals surface area contributed by atoms with Gasteiger partial charge in [-0.1, -0.05) is 18.2 Å². The molecule has 1 aromatic carbocycles. The van der Waals surface area contributed by atoms with Gasteiger partial charge in [0.15, 0.2) is 6.04 Å². The van der Waals surface area contributed by atoms with Gasteiger partial charge in [0, 0.05) is 11.9 Å². The molecule has 1 aromatic heterocycles. The van der Waals surface area contributed by atoms with Crippen LogP contribution >= 0.6 is 0 Å². The summed E-state index contributed by atoms with van der Waals surface area (Å²) in [6, 6.07) is 6.65. The number of hydrogen-bond acceptors (Lipinski definition) is 4. The van der Waals surface area contributed by atoms with Crippen LogP contribution in [0.25, 0.3) is 10.9 Å². The number of fused-ring (bicyclic) bond motifs is 1. The van der Waals surface area contributed by atoms with Gasteiger partial charge in [0.25, 0.3) is 0 Å². The number of aliphatic carboxylic acids is 1. The van der Waals surface area contributed by atoms with Crippen molar-refractivity contribution in [3.63, 3.8) is 0 Å². The maximum Gasteiger partial charge on any atom is 0.328 e. The van der Waals surface area contributed by atoms with Gasteiger partial charge in [0.1, 0.15) is 6.54 Å². The molecular formula is C14H15N3O4. The number of ether oxygens (including phenoxy) is 1. The maximum atomic E-state index is 12.4. The summed E-state index contributed by atoms with van der Waals surface area (Å²) < 4.78 is 6.72. The van der Waals surface area contributed by atoms with Crippen molar-refractivity contribution in [2.75, 3.05) is 19.8 Å². The molecule has 0 bridgehead atoms. The number of amides is 1. The first-order valence-corrected chi connectivity index (χ1v) is 6.67. The molecule has 1 N–H and O–H groups in total. The molecule has 1 aliphatic rings. The van der Waals surface area contributed by atoms with Crippen LogP contribution in [0, 0.1) is 0 Å². The Bertz CT molecular complexity index is 682. The molecule has 0 saturated carbocycles. The van der Waals surface area contributed by atoms with Crippen LogP contribution < -0.4 is 0 Å². The van der Waals surface area contributed by atoms with Crippen molar-refractivity contribution < 1.29 is 19.4 Å². The molecule has 0 spiro atoms. The molecule has 2 aromatic rings. The number of hydrogen-bond donors (Lipinski definition) is 1. The number of aromatic nitrogens is 2. The Hall–Kier alpha value is -2.41. The summed E-state index contributed by atoms with van der Waals surface area (Å²) in [5.74, 6) is -1.31. The Kier molecular flexibility index (Phi) is 3.57. The average Bonchev–Trinajstić information content (AvgIpc) is 2.90. The molecule has 2 heterocycles. The van der Waals surface area contributed by atoms with Gasteiger partial charge < -0.3 is 14.7 Å². The van der Waals surface area contributed by atoms with Crippen LogP contribution in [0.5, 0.6) is 0 Å². The van der Waals surface area contributed by atoms with E-state index in [1.54, 1.807) is 10.9 Å². The molecule has 1 fully saturated rings. The van der Waals surface area contributed by atoms with E-state index in [1.165, 1.54) is 4.90 Å². The second-order valence-corrected chi connectivity index (χ2v) is 4.88. The van der Waals surface area contributed by atoms with E-state index in [9.17, 15) is 9.59 Å². The number of morpholine rings is 1. The van der Waals surface area contributed by atoms with Crippen molar-refractivity contribution in [3.8, 4) is 0 Å². The zero-order valence-electron chi connectivity index (χ0n) is 11.3. The van der Waals surface area contributed by atoms with E-state index in [0.29, 0.717) is 6.61 Å². The molecule has 21 heavy (non-hydrogen) atoms. The first-order valence-electron chi connectivity index (χ1n) is 6.67. The van der Waals surface area contributed by atoms with E-state index in [4.69, 9.17) is 9.84 Å². The third kappa shape index (κ3) is 2.59. The van der Waals surface area contributed by atoms with Crippen LogP contribution in [0.15, 0.2) is 30.5 Å². The molecule has 1 saturated heterocycles. The molecule has 0 aliphatic carbocycles. The van der Waals surface area contributed by atoms with Crippen LogP contribution in [-0.4, -0.2) is 57.5 Å². The summed E-state index contributed by atoms with van der Waals surface area (Å²) in [5.41, 5.74) is 0.853. The van der Waals surface area contributed by atoms with Gasteiger partial charge in [-0.2, -0.15) is 5.10 Å². The minimum absolute atomic E-state index is 0.0251. The highest BCUT2D eigenvalue weighted by Crippen LogP contribution is 2.14. The van der Waals surface area contributed by atoms with E-state index in [2.05, 4.69) is 5.10 Å². The van der Waals surface area contributed by atoms with Crippen molar-refractivity contribution in [2.24, 2.45) is 0 Å². The molecule has 3 rings (SSSR count). The summed E-state index contributed by atoms with van der Waals surface area (Å²) in [7, 11) is 0. The lowest BCUT2D eigenvalue weighted by Crippen LogP contribution is -2.53. The number of rotatable bonds is 3. The van der Waals surface area contributed by atoms with Gasteiger partial charge in [-0.3, -0.25) is 9.48 Å². The highest BCUT2D eigenvalue weighted by atomic mass is 16.5. The fourth-order valence-electron chi connectivity index (χ4n) is 2.48. The van der Waals surface area contributed by atoms with E-state index < -0.39 is 12.0 Å². The summed E-state index contributed by atoms with van der Waals surface area (Å²) in [6.45, 7) is 0.697. The lowest BCUT2D eigenvalue weighted by Gasteiger charge is -2.32. The van der Waals surface area contributed by atoms with Gasteiger partial charge in [-0.05, 0) is 6.07 Å². The summed E-state index contributed by atoms with van der Waals surface area (Å²) in [5, 5.41) is 14.3. The number of nitrogens with zero attached hydrogens (tertiary/aromatic N) is 3. The fraction of sp³-hybridized carbons (Fsp3) is 0.357. The molecule has 7 nitrogen and oxygen atoms in total. The van der Waals surface area contributed by atoms with Crippen LogP contribution in [0.2, 0.25) is 0 Å². The lowest BCUT2D eigenvalue weighted by molar-refractivity contribution is -0.158. The number of carbonyl (C=O) groups excluding carboxylic acids is 1. The molecule has 1 amide bonds. The van der Waals surface area contributed by atoms with Crippen LogP contribution in [0.4, 0.5) is 0 Å². The van der Waals surface area contributed by atoms with Crippen LogP contribution in [0.1, 0.15) is 0 Å². The monoisotopic (exact) mass is 289 g/mol. The molecule has 0 radical (unpaired) electrons. The highest BCUT2D eigenvalue weighted by molar-refractivity contribution is 5.85. The smallest absolute Gasteiger partial charge is 0.328 e. The van der Waals surface area contributed by atoms with E-state index in [0.717, 1.165) is 10.9 Å². The summed E-state index contributed by atoms with van der Waals surface area (Å²) in [6.07, 6.45) is 1.69. The third-order valence-electron chi connectivity index (χ3n) is 3.57. The summed E-state index contributed by atoms with van der Waals surface area (Å²) in [4.78, 5) is 24.9. The zero-order chi connectivity index (χ0) is 14.8. The van der Waals surface area contributed by atoms with Gasteiger partial charge in [0.2, 0.25) is 5.91 Å². The molecular weight excluding hydrogens is 274 g/mol. The maximum absolute atomic E-state index is 12.4. The molecule has 7 heteroatoms. The number of para-hydroxylation sites is 1. The first kappa shape index (κ1) is 13.6. The topological polar surface area (TPSA) is 84.7 Å². The normalized spacial score (nSPS) is 18.9. The third-order valence-corrected chi connectivity index (χ3v) is 3.57.